The van der Waals surface area contributed by atoms with Crippen molar-refractivity contribution in [2.45, 2.75) is 26.4 Å². The summed E-state index contributed by atoms with van der Waals surface area (Å²) in [5, 5.41) is 3.06. The molecule has 0 aliphatic carbocycles. The van der Waals surface area contributed by atoms with E-state index in [0.29, 0.717) is 5.13 Å². The highest BCUT2D eigenvalue weighted by atomic mass is 32.1. The number of aromatic nitrogens is 1. The summed E-state index contributed by atoms with van der Waals surface area (Å²) in [5.41, 5.74) is -0.497. The lowest BCUT2D eigenvalue weighted by molar-refractivity contribution is 0.0636. The van der Waals surface area contributed by atoms with Crippen molar-refractivity contribution in [2.75, 3.05) is 5.32 Å². The second kappa shape index (κ2) is 4.44. The largest absolute Gasteiger partial charge is 0.444 e. The summed E-state index contributed by atoms with van der Waals surface area (Å²) in [5.74, 6) is 0. The van der Waals surface area contributed by atoms with Crippen molar-refractivity contribution in [1.29, 1.82) is 0 Å². The Balaban J connectivity index is 2.55. The highest BCUT2D eigenvalue weighted by molar-refractivity contribution is 7.16. The first-order valence-corrected chi connectivity index (χ1v) is 5.30. The van der Waals surface area contributed by atoms with Crippen LogP contribution in [-0.4, -0.2) is 16.7 Å². The Morgan fingerprint density at radius 2 is 2.33 bits per heavy atom. The molecule has 0 aliphatic rings. The number of rotatable bonds is 2. The molecule has 0 aromatic carbocycles. The normalized spacial score (nSPS) is 10.9. The molecule has 15 heavy (non-hydrogen) atoms. The zero-order valence-electron chi connectivity index (χ0n) is 9.03. The highest BCUT2D eigenvalue weighted by Crippen LogP contribution is 2.19. The molecule has 1 rings (SSSR count). The van der Waals surface area contributed by atoms with E-state index in [1.165, 1.54) is 11.3 Å². The number of nitrogens with zero attached hydrogens (tertiary/aromatic N) is 1. The lowest BCUT2D eigenvalue weighted by Gasteiger charge is -2.18. The van der Waals surface area contributed by atoms with E-state index in [2.05, 4.69) is 16.9 Å². The van der Waals surface area contributed by atoms with Crippen LogP contribution in [0.1, 0.15) is 25.6 Å². The predicted molar refractivity (Wildman–Crippen MR) is 62.1 cm³/mol. The molecular weight excluding hydrogens is 212 g/mol. The Labute approximate surface area is 93.0 Å². The van der Waals surface area contributed by atoms with Crippen molar-refractivity contribution < 1.29 is 9.53 Å². The minimum Gasteiger partial charge on any atom is -0.444 e. The van der Waals surface area contributed by atoms with Crippen molar-refractivity contribution in [1.82, 2.24) is 4.98 Å². The van der Waals surface area contributed by atoms with Gasteiger partial charge in [-0.3, -0.25) is 5.32 Å². The van der Waals surface area contributed by atoms with Gasteiger partial charge in [0.05, 0.1) is 0 Å². The van der Waals surface area contributed by atoms with E-state index in [4.69, 9.17) is 4.74 Å². The van der Waals surface area contributed by atoms with E-state index < -0.39 is 11.7 Å². The summed E-state index contributed by atoms with van der Waals surface area (Å²) >= 11 is 1.35. The summed E-state index contributed by atoms with van der Waals surface area (Å²) in [6.45, 7) is 9.04. The van der Waals surface area contributed by atoms with E-state index in [1.54, 1.807) is 12.3 Å². The maximum absolute atomic E-state index is 11.3. The first kappa shape index (κ1) is 11.7. The monoisotopic (exact) mass is 226 g/mol. The molecule has 1 heterocycles. The maximum atomic E-state index is 11.3. The number of ether oxygens (including phenoxy) is 1. The molecule has 0 fully saturated rings. The number of thiazole rings is 1. The minimum atomic E-state index is -0.497. The van der Waals surface area contributed by atoms with Gasteiger partial charge in [-0.25, -0.2) is 9.78 Å². The number of hydrogen-bond acceptors (Lipinski definition) is 4. The van der Waals surface area contributed by atoms with Crippen LogP contribution in [0.15, 0.2) is 12.8 Å². The lowest BCUT2D eigenvalue weighted by Crippen LogP contribution is -2.27. The van der Waals surface area contributed by atoms with Gasteiger partial charge < -0.3 is 4.74 Å². The third kappa shape index (κ3) is 4.12. The molecular formula is C10H14N2O2S. The predicted octanol–water partition coefficient (Wildman–Crippen LogP) is 3.13. The Hall–Kier alpha value is -1.36. The highest BCUT2D eigenvalue weighted by Gasteiger charge is 2.16. The summed E-state index contributed by atoms with van der Waals surface area (Å²) < 4.78 is 5.08. The van der Waals surface area contributed by atoms with E-state index in [9.17, 15) is 4.79 Å². The van der Waals surface area contributed by atoms with Crippen LogP contribution in [0.4, 0.5) is 9.93 Å². The number of carbonyl (C=O) groups is 1. The molecule has 0 aliphatic heterocycles. The fraction of sp³-hybridized carbons (Fsp3) is 0.400. The quantitative estimate of drug-likeness (QED) is 0.842. The molecule has 0 bridgehead atoms. The second-order valence-corrected chi connectivity index (χ2v) is 4.96. The average Bonchev–Trinajstić information content (AvgIpc) is 2.48. The van der Waals surface area contributed by atoms with Crippen molar-refractivity contribution in [3.05, 3.63) is 17.7 Å². The summed E-state index contributed by atoms with van der Waals surface area (Å²) in [6.07, 6.45) is 2.83. The van der Waals surface area contributed by atoms with E-state index in [-0.39, 0.29) is 0 Å². The molecule has 0 spiro atoms. The molecule has 1 aromatic heterocycles. The van der Waals surface area contributed by atoms with Gasteiger partial charge in [0.25, 0.3) is 0 Å². The summed E-state index contributed by atoms with van der Waals surface area (Å²) in [4.78, 5) is 16.2. The van der Waals surface area contributed by atoms with Crippen molar-refractivity contribution in [3.8, 4) is 0 Å². The van der Waals surface area contributed by atoms with Gasteiger partial charge in [0.15, 0.2) is 5.13 Å². The molecule has 1 amide bonds. The average molecular weight is 226 g/mol. The number of hydrogen-bond donors (Lipinski definition) is 1. The van der Waals surface area contributed by atoms with Gasteiger partial charge in [0.1, 0.15) is 5.60 Å². The molecule has 4 nitrogen and oxygen atoms in total. The Morgan fingerprint density at radius 1 is 1.67 bits per heavy atom. The molecule has 0 unspecified atom stereocenters. The third-order valence-electron chi connectivity index (χ3n) is 1.33. The number of carbonyl (C=O) groups excluding carboxylic acids is 1. The fourth-order valence-corrected chi connectivity index (χ4v) is 1.48. The molecule has 0 radical (unpaired) electrons. The number of amides is 1. The van der Waals surface area contributed by atoms with Gasteiger partial charge in [0.2, 0.25) is 0 Å². The minimum absolute atomic E-state index is 0.493. The number of nitrogens with one attached hydrogen (secondary N) is 1. The van der Waals surface area contributed by atoms with Gasteiger partial charge in [-0.05, 0) is 20.8 Å². The Morgan fingerprint density at radius 3 is 2.80 bits per heavy atom. The molecule has 0 saturated heterocycles. The van der Waals surface area contributed by atoms with Crippen LogP contribution < -0.4 is 5.32 Å². The zero-order chi connectivity index (χ0) is 11.5. The zero-order valence-corrected chi connectivity index (χ0v) is 9.85. The third-order valence-corrected chi connectivity index (χ3v) is 2.24. The standard InChI is InChI=1S/C10H14N2O2S/c1-5-7-6-11-8(15-7)12-9(13)14-10(2,3)4/h5-6H,1H2,2-4H3,(H,11,12,13). The summed E-state index contributed by atoms with van der Waals surface area (Å²) in [6, 6.07) is 0. The SMILES string of the molecule is C=Cc1cnc(NC(=O)OC(C)(C)C)s1. The lowest BCUT2D eigenvalue weighted by atomic mass is 10.2. The van der Waals surface area contributed by atoms with Crippen LogP contribution >= 0.6 is 11.3 Å². The van der Waals surface area contributed by atoms with Crippen LogP contribution in [0.5, 0.6) is 0 Å². The Kier molecular flexibility index (Phi) is 3.47. The van der Waals surface area contributed by atoms with Gasteiger partial charge in [-0.1, -0.05) is 24.0 Å². The fourth-order valence-electron chi connectivity index (χ4n) is 0.830. The van der Waals surface area contributed by atoms with Crippen LogP contribution in [0, 0.1) is 0 Å². The second-order valence-electron chi connectivity index (χ2n) is 3.90. The van der Waals surface area contributed by atoms with E-state index in [0.717, 1.165) is 4.88 Å². The summed E-state index contributed by atoms with van der Waals surface area (Å²) in [7, 11) is 0. The number of anilines is 1. The van der Waals surface area contributed by atoms with Gasteiger partial charge >= 0.3 is 6.09 Å². The van der Waals surface area contributed by atoms with Gasteiger partial charge in [-0.15, -0.1) is 0 Å². The van der Waals surface area contributed by atoms with E-state index in [1.807, 2.05) is 20.8 Å². The van der Waals surface area contributed by atoms with E-state index >= 15 is 0 Å². The first-order valence-electron chi connectivity index (χ1n) is 4.49. The maximum Gasteiger partial charge on any atom is 0.413 e. The van der Waals surface area contributed by atoms with Crippen LogP contribution in [0.25, 0.3) is 6.08 Å². The van der Waals surface area contributed by atoms with Crippen LogP contribution in [-0.2, 0) is 4.74 Å². The molecule has 5 heteroatoms. The Bertz CT molecular complexity index is 366. The van der Waals surface area contributed by atoms with Crippen LogP contribution in [0.3, 0.4) is 0 Å². The van der Waals surface area contributed by atoms with Gasteiger partial charge in [-0.2, -0.15) is 0 Å². The van der Waals surface area contributed by atoms with Crippen LogP contribution in [0.2, 0.25) is 0 Å². The molecule has 0 saturated carbocycles. The van der Waals surface area contributed by atoms with Crippen molar-refractivity contribution in [2.24, 2.45) is 0 Å². The molecule has 0 atom stereocenters. The molecule has 1 aromatic rings. The van der Waals surface area contributed by atoms with Crippen molar-refractivity contribution in [3.63, 3.8) is 0 Å². The molecule has 1 N–H and O–H groups in total. The smallest absolute Gasteiger partial charge is 0.413 e. The molecule has 82 valence electrons. The van der Waals surface area contributed by atoms with Crippen molar-refractivity contribution >= 4 is 28.6 Å². The topological polar surface area (TPSA) is 51.2 Å². The van der Waals surface area contributed by atoms with Gasteiger partial charge in [0, 0.05) is 11.1 Å². The first-order chi connectivity index (χ1) is 6.90.